The van der Waals surface area contributed by atoms with Gasteiger partial charge in [-0.15, -0.1) is 11.3 Å². The van der Waals surface area contributed by atoms with Gasteiger partial charge >= 0.3 is 6.18 Å². The maximum absolute atomic E-state index is 13.6. The molecule has 0 aliphatic carbocycles. The molecule has 4 aromatic rings. The lowest BCUT2D eigenvalue weighted by Gasteiger charge is -2.31. The Labute approximate surface area is 263 Å². The molecule has 3 aromatic carbocycles. The van der Waals surface area contributed by atoms with Crippen molar-refractivity contribution in [2.45, 2.75) is 37.9 Å². The highest BCUT2D eigenvalue weighted by molar-refractivity contribution is 7.09. The second-order valence-electron chi connectivity index (χ2n) is 11.2. The topological polar surface area (TPSA) is 72.0 Å². The first kappa shape index (κ1) is 30.6. The Balaban J connectivity index is 1.09. The minimum atomic E-state index is -4.42. The zero-order valence-corrected chi connectivity index (χ0v) is 25.7. The van der Waals surface area contributed by atoms with E-state index < -0.39 is 11.7 Å². The van der Waals surface area contributed by atoms with Crippen molar-refractivity contribution in [3.63, 3.8) is 0 Å². The van der Waals surface area contributed by atoms with Crippen LogP contribution in [0.25, 0.3) is 11.1 Å². The monoisotopic (exact) mass is 635 g/mol. The van der Waals surface area contributed by atoms with E-state index in [-0.39, 0.29) is 17.7 Å². The number of likely N-dealkylation sites (tertiary alicyclic amines) is 1. The molecule has 2 amide bonds. The highest BCUT2D eigenvalue weighted by Gasteiger charge is 2.32. The van der Waals surface area contributed by atoms with Crippen molar-refractivity contribution in [3.8, 4) is 22.6 Å². The number of carbonyl (C=O) groups excluding carboxylic acids is 2. The summed E-state index contributed by atoms with van der Waals surface area (Å²) in [6, 6.07) is 15.8. The third-order valence-corrected chi connectivity index (χ3v) is 9.57. The molecule has 2 aliphatic rings. The number of ether oxygens (including phenoxy) is 2. The molecular weight excluding hydrogens is 603 g/mol. The number of carbonyl (C=O) groups is 2. The van der Waals surface area contributed by atoms with Crippen LogP contribution in [0.4, 0.5) is 13.2 Å². The number of piperidine rings is 1. The molecule has 3 heterocycles. The molecule has 1 aromatic heterocycles. The van der Waals surface area contributed by atoms with Crippen LogP contribution < -0.4 is 9.47 Å². The molecule has 0 N–H and O–H groups in total. The number of alkyl halides is 3. The van der Waals surface area contributed by atoms with Crippen molar-refractivity contribution in [1.29, 1.82) is 0 Å². The van der Waals surface area contributed by atoms with Gasteiger partial charge in [-0.3, -0.25) is 9.59 Å². The third-order valence-electron chi connectivity index (χ3n) is 8.56. The molecule has 0 bridgehead atoms. The summed E-state index contributed by atoms with van der Waals surface area (Å²) in [4.78, 5) is 35.3. The Morgan fingerprint density at radius 3 is 2.20 bits per heavy atom. The van der Waals surface area contributed by atoms with E-state index in [2.05, 4.69) is 0 Å². The van der Waals surface area contributed by atoms with Crippen LogP contribution in [0.5, 0.6) is 11.5 Å². The van der Waals surface area contributed by atoms with Gasteiger partial charge in [-0.05, 0) is 71.8 Å². The molecule has 0 unspecified atom stereocenters. The van der Waals surface area contributed by atoms with Gasteiger partial charge in [-0.2, -0.15) is 13.2 Å². The minimum absolute atomic E-state index is 0.106. The fraction of sp³-hybridized carbons (Fsp3) is 0.324. The predicted molar refractivity (Wildman–Crippen MR) is 165 cm³/mol. The molecule has 0 saturated carbocycles. The predicted octanol–water partition coefficient (Wildman–Crippen LogP) is 7.06. The average molecular weight is 636 g/mol. The van der Waals surface area contributed by atoms with Crippen molar-refractivity contribution in [2.75, 3.05) is 33.9 Å². The molecule has 1 fully saturated rings. The van der Waals surface area contributed by atoms with Gasteiger partial charge in [0.15, 0.2) is 11.5 Å². The van der Waals surface area contributed by atoms with E-state index in [0.717, 1.165) is 28.3 Å². The van der Waals surface area contributed by atoms with Gasteiger partial charge in [0.2, 0.25) is 0 Å². The molecule has 7 nitrogen and oxygen atoms in total. The maximum Gasteiger partial charge on any atom is 0.416 e. The van der Waals surface area contributed by atoms with Gasteiger partial charge in [0.05, 0.1) is 24.8 Å². The van der Waals surface area contributed by atoms with E-state index >= 15 is 0 Å². The minimum Gasteiger partial charge on any atom is -0.493 e. The van der Waals surface area contributed by atoms with E-state index in [4.69, 9.17) is 14.5 Å². The summed E-state index contributed by atoms with van der Waals surface area (Å²) in [7, 11) is 3.20. The first-order valence-electron chi connectivity index (χ1n) is 14.7. The number of rotatable bonds is 6. The van der Waals surface area contributed by atoms with E-state index in [1.807, 2.05) is 22.4 Å². The summed E-state index contributed by atoms with van der Waals surface area (Å²) in [5.74, 6) is 1.18. The average Bonchev–Trinajstić information content (AvgIpc) is 3.57. The zero-order valence-electron chi connectivity index (χ0n) is 24.9. The highest BCUT2D eigenvalue weighted by Crippen LogP contribution is 2.36. The first-order chi connectivity index (χ1) is 21.7. The molecule has 11 heteroatoms. The highest BCUT2D eigenvalue weighted by atomic mass is 32.1. The van der Waals surface area contributed by atoms with Crippen LogP contribution in [0.2, 0.25) is 0 Å². The number of halogens is 3. The lowest BCUT2D eigenvalue weighted by atomic mass is 9.94. The summed E-state index contributed by atoms with van der Waals surface area (Å²) in [6.45, 7) is 2.09. The van der Waals surface area contributed by atoms with Crippen LogP contribution in [0.1, 0.15) is 61.3 Å². The second-order valence-corrected chi connectivity index (χ2v) is 12.1. The van der Waals surface area contributed by atoms with Crippen LogP contribution >= 0.6 is 11.3 Å². The Morgan fingerprint density at radius 1 is 0.867 bits per heavy atom. The van der Waals surface area contributed by atoms with Crippen molar-refractivity contribution in [1.82, 2.24) is 14.8 Å². The summed E-state index contributed by atoms with van der Waals surface area (Å²) in [5, 5.41) is 2.71. The SMILES string of the molecule is COc1cc2c(cc1OC)CN(C(=O)c1csc(C3CCN(C(=O)c4ccccc4-c4ccc(C(F)(F)F)cc4)CC3)n1)CC2. The lowest BCUT2D eigenvalue weighted by molar-refractivity contribution is -0.137. The van der Waals surface area contributed by atoms with Crippen molar-refractivity contribution in [2.24, 2.45) is 0 Å². The number of benzene rings is 3. The van der Waals surface area contributed by atoms with Crippen LogP contribution in [0.15, 0.2) is 66.0 Å². The van der Waals surface area contributed by atoms with Gasteiger partial charge < -0.3 is 19.3 Å². The molecule has 6 rings (SSSR count). The van der Waals surface area contributed by atoms with E-state index in [9.17, 15) is 22.8 Å². The quantitative estimate of drug-likeness (QED) is 0.227. The van der Waals surface area contributed by atoms with Crippen molar-refractivity contribution in [3.05, 3.63) is 99.0 Å². The molecule has 0 spiro atoms. The van der Waals surface area contributed by atoms with Gasteiger partial charge in [0.25, 0.3) is 11.8 Å². The molecule has 1 saturated heterocycles. The Hall–Kier alpha value is -4.38. The van der Waals surface area contributed by atoms with Gasteiger partial charge in [-0.1, -0.05) is 30.3 Å². The van der Waals surface area contributed by atoms with Gasteiger partial charge in [0, 0.05) is 43.0 Å². The molecule has 0 atom stereocenters. The third kappa shape index (κ3) is 6.26. The molecule has 2 aliphatic heterocycles. The number of aromatic nitrogens is 1. The summed E-state index contributed by atoms with van der Waals surface area (Å²) in [5.41, 5.74) is 3.47. The van der Waals surface area contributed by atoms with E-state index in [1.54, 1.807) is 43.4 Å². The number of nitrogens with zero attached hydrogens (tertiary/aromatic N) is 3. The largest absolute Gasteiger partial charge is 0.493 e. The number of fused-ring (bicyclic) bond motifs is 1. The molecule has 0 radical (unpaired) electrons. The normalized spacial score (nSPS) is 15.5. The standard InChI is InChI=1S/C34H32F3N3O4S/c1-43-29-17-23-13-16-40(19-24(23)18-30(29)44-2)33(42)28-20-45-31(38-28)22-11-14-39(15-12-22)32(41)27-6-4-3-5-26(27)21-7-9-25(10-8-21)34(35,36)37/h3-10,17-18,20,22H,11-16,19H2,1-2H3. The van der Waals surface area contributed by atoms with Crippen LogP contribution in [-0.4, -0.2) is 60.5 Å². The molecular formula is C34H32F3N3O4S. The number of methoxy groups -OCH3 is 2. The first-order valence-corrected chi connectivity index (χ1v) is 15.6. The zero-order chi connectivity index (χ0) is 31.7. The number of amides is 2. The van der Waals surface area contributed by atoms with Gasteiger partial charge in [-0.25, -0.2) is 4.98 Å². The molecule has 234 valence electrons. The maximum atomic E-state index is 13.6. The summed E-state index contributed by atoms with van der Waals surface area (Å²) in [6.07, 6.45) is -2.30. The van der Waals surface area contributed by atoms with Crippen LogP contribution in [0.3, 0.4) is 0 Å². The fourth-order valence-electron chi connectivity index (χ4n) is 6.05. The summed E-state index contributed by atoms with van der Waals surface area (Å²) >= 11 is 1.47. The number of hydrogen-bond donors (Lipinski definition) is 0. The number of hydrogen-bond acceptors (Lipinski definition) is 6. The Morgan fingerprint density at radius 2 is 1.53 bits per heavy atom. The van der Waals surface area contributed by atoms with E-state index in [1.165, 1.54) is 23.5 Å². The van der Waals surface area contributed by atoms with E-state index in [0.29, 0.717) is 79.3 Å². The van der Waals surface area contributed by atoms with Crippen LogP contribution in [0, 0.1) is 0 Å². The van der Waals surface area contributed by atoms with Gasteiger partial charge in [0.1, 0.15) is 5.69 Å². The van der Waals surface area contributed by atoms with Crippen molar-refractivity contribution >= 4 is 23.2 Å². The Kier molecular flexibility index (Phi) is 8.54. The summed E-state index contributed by atoms with van der Waals surface area (Å²) < 4.78 is 50.0. The van der Waals surface area contributed by atoms with Crippen molar-refractivity contribution < 1.29 is 32.2 Å². The number of thiazole rings is 1. The Bertz CT molecular complexity index is 1710. The molecule has 45 heavy (non-hydrogen) atoms. The lowest BCUT2D eigenvalue weighted by Crippen LogP contribution is -2.38. The smallest absolute Gasteiger partial charge is 0.416 e. The second kappa shape index (κ2) is 12.5. The van der Waals surface area contributed by atoms with Crippen LogP contribution in [-0.2, 0) is 19.1 Å². The fourth-order valence-corrected chi connectivity index (χ4v) is 7.02.